The Morgan fingerprint density at radius 1 is 1.06 bits per heavy atom. The van der Waals surface area contributed by atoms with Crippen molar-refractivity contribution in [2.24, 2.45) is 0 Å². The molecule has 2 aliphatic rings. The smallest absolute Gasteiger partial charge is 0.410 e. The Balaban J connectivity index is 1.59. The Morgan fingerprint density at radius 3 is 2.49 bits per heavy atom. The minimum atomic E-state index is -3.99. The number of hydrogen-bond donors (Lipinski definition) is 0. The first-order valence-corrected chi connectivity index (χ1v) is 18.1. The van der Waals surface area contributed by atoms with Crippen molar-refractivity contribution in [3.05, 3.63) is 47.2 Å². The highest BCUT2D eigenvalue weighted by atomic mass is 32.2. The molecule has 0 saturated carbocycles. The quantitative estimate of drug-likeness (QED) is 0.159. The summed E-state index contributed by atoms with van der Waals surface area (Å²) in [7, 11) is -2.51. The van der Waals surface area contributed by atoms with Gasteiger partial charge in [0.1, 0.15) is 34.2 Å². The van der Waals surface area contributed by atoms with Gasteiger partial charge in [-0.2, -0.15) is 0 Å². The number of rotatable bonds is 7. The predicted octanol–water partition coefficient (Wildman–Crippen LogP) is 6.36. The van der Waals surface area contributed by atoms with Crippen LogP contribution in [0.2, 0.25) is 0 Å². The molecule has 2 aliphatic heterocycles. The van der Waals surface area contributed by atoms with Crippen molar-refractivity contribution in [2.45, 2.75) is 83.6 Å². The molecule has 2 aromatic heterocycles. The van der Waals surface area contributed by atoms with Gasteiger partial charge in [-0.15, -0.1) is 0 Å². The van der Waals surface area contributed by atoms with Gasteiger partial charge in [-0.05, 0) is 81.5 Å². The number of carbonyl (C=O) groups excluding carboxylic acids is 1. The maximum absolute atomic E-state index is 17.1. The number of pyridine rings is 1. The van der Waals surface area contributed by atoms with Gasteiger partial charge in [0.25, 0.3) is 0 Å². The number of methoxy groups -OCH3 is 1. The largest absolute Gasteiger partial charge is 0.468 e. The fourth-order valence-electron chi connectivity index (χ4n) is 6.69. The third-order valence-electron chi connectivity index (χ3n) is 9.14. The molecule has 0 spiro atoms. The standard InChI is InChI=1S/C35H41F2N5O6S/c1-8-21-16-41-22(17-42(21)34(43)48-35(4,5)6)11-13-26-28-31(39-33(40-32(28)41)49(44,45)9-2)29(37)30(38-26)24-15-23(47-18-46-7)14-20-10-12-25(36)19(3)27(20)24/h10,12,14-15,21-22H,8-9,11,13,16-18H2,1-7H3/t21-,22-/m1/s1. The van der Waals surface area contributed by atoms with Crippen LogP contribution in [0.25, 0.3) is 32.9 Å². The molecule has 1 amide bonds. The van der Waals surface area contributed by atoms with Gasteiger partial charge in [-0.1, -0.05) is 19.9 Å². The number of fused-ring (bicyclic) bond motifs is 3. The molecule has 2 aromatic carbocycles. The van der Waals surface area contributed by atoms with Crippen molar-refractivity contribution in [3.63, 3.8) is 0 Å². The summed E-state index contributed by atoms with van der Waals surface area (Å²) in [5, 5.41) is 0.853. The van der Waals surface area contributed by atoms with Crippen LogP contribution in [0.4, 0.5) is 19.4 Å². The lowest BCUT2D eigenvalue weighted by Gasteiger charge is -2.46. The Morgan fingerprint density at radius 2 is 1.82 bits per heavy atom. The molecule has 0 N–H and O–H groups in total. The maximum Gasteiger partial charge on any atom is 0.410 e. The summed E-state index contributed by atoms with van der Waals surface area (Å²) < 4.78 is 75.3. The minimum Gasteiger partial charge on any atom is -0.468 e. The number of piperazine rings is 1. The van der Waals surface area contributed by atoms with Crippen LogP contribution in [0.5, 0.6) is 5.75 Å². The number of halogens is 2. The summed E-state index contributed by atoms with van der Waals surface area (Å²) >= 11 is 0. The molecule has 1 fully saturated rings. The zero-order valence-corrected chi connectivity index (χ0v) is 29.6. The highest BCUT2D eigenvalue weighted by Crippen LogP contribution is 2.42. The lowest BCUT2D eigenvalue weighted by atomic mass is 9.95. The summed E-state index contributed by atoms with van der Waals surface area (Å²) in [5.74, 6) is -1.01. The number of carbonyl (C=O) groups is 1. The minimum absolute atomic E-state index is 0.0743. The molecule has 6 rings (SSSR count). The average Bonchev–Trinajstić information content (AvgIpc) is 3.21. The van der Waals surface area contributed by atoms with Crippen molar-refractivity contribution in [1.29, 1.82) is 0 Å². The second kappa shape index (κ2) is 12.9. The third kappa shape index (κ3) is 6.36. The van der Waals surface area contributed by atoms with Crippen LogP contribution in [0, 0.1) is 18.6 Å². The van der Waals surface area contributed by atoms with Gasteiger partial charge >= 0.3 is 6.09 Å². The number of hydrogen-bond acceptors (Lipinski definition) is 10. The molecule has 0 unspecified atom stereocenters. The zero-order chi connectivity index (χ0) is 35.4. The van der Waals surface area contributed by atoms with E-state index in [0.29, 0.717) is 65.5 Å². The number of amides is 1. The van der Waals surface area contributed by atoms with E-state index in [1.165, 1.54) is 20.1 Å². The van der Waals surface area contributed by atoms with Crippen molar-refractivity contribution in [1.82, 2.24) is 19.9 Å². The molecular formula is C35H41F2N5O6S. The van der Waals surface area contributed by atoms with Crippen LogP contribution in [0.15, 0.2) is 29.4 Å². The van der Waals surface area contributed by atoms with Crippen LogP contribution < -0.4 is 9.64 Å². The fraction of sp³-hybridized carbons (Fsp3) is 0.486. The molecule has 11 nitrogen and oxygen atoms in total. The average molecular weight is 698 g/mol. The summed E-state index contributed by atoms with van der Waals surface area (Å²) in [6, 6.07) is 5.63. The van der Waals surface area contributed by atoms with E-state index >= 15 is 8.78 Å². The van der Waals surface area contributed by atoms with Gasteiger partial charge in [-0.25, -0.2) is 36.9 Å². The molecule has 0 bridgehead atoms. The highest BCUT2D eigenvalue weighted by Gasteiger charge is 2.41. The second-order valence-electron chi connectivity index (χ2n) is 13.5. The maximum atomic E-state index is 17.1. The number of aryl methyl sites for hydroxylation is 2. The molecule has 262 valence electrons. The molecule has 4 aromatic rings. The number of ether oxygens (including phenoxy) is 3. The van der Waals surface area contributed by atoms with Gasteiger partial charge in [0.15, 0.2) is 12.6 Å². The van der Waals surface area contributed by atoms with Crippen LogP contribution in [0.3, 0.4) is 0 Å². The Kier molecular flexibility index (Phi) is 9.16. The third-order valence-corrected chi connectivity index (χ3v) is 10.6. The predicted molar refractivity (Wildman–Crippen MR) is 182 cm³/mol. The van der Waals surface area contributed by atoms with E-state index in [9.17, 15) is 13.2 Å². The number of aromatic nitrogens is 3. The van der Waals surface area contributed by atoms with E-state index < -0.39 is 38.3 Å². The molecule has 2 atom stereocenters. The first kappa shape index (κ1) is 34.7. The molecule has 0 radical (unpaired) electrons. The lowest BCUT2D eigenvalue weighted by Crippen LogP contribution is -2.60. The lowest BCUT2D eigenvalue weighted by molar-refractivity contribution is 0.00971. The Hall–Kier alpha value is -4.17. The Labute approximate surface area is 284 Å². The number of anilines is 1. The van der Waals surface area contributed by atoms with Crippen LogP contribution in [0.1, 0.15) is 58.7 Å². The van der Waals surface area contributed by atoms with Crippen molar-refractivity contribution in [2.75, 3.05) is 37.6 Å². The first-order valence-electron chi connectivity index (χ1n) is 16.4. The van der Waals surface area contributed by atoms with E-state index in [0.717, 1.165) is 0 Å². The summed E-state index contributed by atoms with van der Waals surface area (Å²) in [6.45, 7) is 11.0. The normalized spacial score (nSPS) is 18.1. The van der Waals surface area contributed by atoms with E-state index in [1.54, 1.807) is 30.0 Å². The zero-order valence-electron chi connectivity index (χ0n) is 28.8. The first-order chi connectivity index (χ1) is 23.2. The highest BCUT2D eigenvalue weighted by molar-refractivity contribution is 7.91. The van der Waals surface area contributed by atoms with Gasteiger partial charge in [0.2, 0.25) is 15.0 Å². The number of nitrogens with zero attached hydrogens (tertiary/aromatic N) is 5. The Bertz CT molecular complexity index is 2070. The van der Waals surface area contributed by atoms with Crippen molar-refractivity contribution < 1.29 is 36.2 Å². The summed E-state index contributed by atoms with van der Waals surface area (Å²) in [6.07, 6.45) is 1.02. The van der Waals surface area contributed by atoms with E-state index in [2.05, 4.69) is 9.97 Å². The van der Waals surface area contributed by atoms with Crippen LogP contribution in [-0.2, 0) is 25.7 Å². The van der Waals surface area contributed by atoms with Gasteiger partial charge < -0.3 is 24.0 Å². The van der Waals surface area contributed by atoms with E-state index in [4.69, 9.17) is 19.2 Å². The molecule has 0 aliphatic carbocycles. The molecule has 49 heavy (non-hydrogen) atoms. The van der Waals surface area contributed by atoms with E-state index in [-0.39, 0.29) is 47.2 Å². The van der Waals surface area contributed by atoms with Crippen molar-refractivity contribution in [3.8, 4) is 17.0 Å². The monoisotopic (exact) mass is 697 g/mol. The van der Waals surface area contributed by atoms with Crippen LogP contribution >= 0.6 is 0 Å². The molecule has 4 heterocycles. The van der Waals surface area contributed by atoms with Gasteiger partial charge in [0.05, 0.1) is 22.9 Å². The van der Waals surface area contributed by atoms with Gasteiger partial charge in [-0.3, -0.25) is 0 Å². The number of benzene rings is 2. The van der Waals surface area contributed by atoms with Crippen molar-refractivity contribution >= 4 is 43.4 Å². The molecule has 1 saturated heterocycles. The summed E-state index contributed by atoms with van der Waals surface area (Å²) in [5.41, 5.74) is 0.0318. The second-order valence-corrected chi connectivity index (χ2v) is 15.7. The van der Waals surface area contributed by atoms with E-state index in [1.807, 2.05) is 32.6 Å². The fourth-order valence-corrected chi connectivity index (χ4v) is 7.40. The van der Waals surface area contributed by atoms with Gasteiger partial charge in [0, 0.05) is 31.8 Å². The van der Waals surface area contributed by atoms with Crippen LogP contribution in [-0.4, -0.2) is 84.8 Å². The molecule has 14 heteroatoms. The summed E-state index contributed by atoms with van der Waals surface area (Å²) in [4.78, 5) is 30.8. The number of sulfone groups is 1. The topological polar surface area (TPSA) is 124 Å². The molecular weight excluding hydrogens is 656 g/mol. The SMILES string of the molecule is CC[C@@H]1CN2c3nc(S(=O)(=O)CC)nc4c(F)c(-c5cc(OCOC)cc6ccc(F)c(C)c56)nc(c34)CC[C@@H]2CN1C(=O)OC(C)(C)C.